The molecule has 6 nitrogen and oxygen atoms in total. The molecule has 108 valence electrons. The van der Waals surface area contributed by atoms with Gasteiger partial charge in [0, 0.05) is 19.6 Å². The van der Waals surface area contributed by atoms with Crippen molar-refractivity contribution in [3.8, 4) is 5.88 Å². The highest BCUT2D eigenvalue weighted by molar-refractivity contribution is 7.91. The topological polar surface area (TPSA) is 73.2 Å². The number of nitrogens with one attached hydrogen (secondary N) is 1. The maximum absolute atomic E-state index is 11.4. The number of hydrogen-bond donors (Lipinski definition) is 1. The maximum Gasteiger partial charge on any atom is 0.216 e. The van der Waals surface area contributed by atoms with E-state index in [1.165, 1.54) is 0 Å². The van der Waals surface area contributed by atoms with Crippen molar-refractivity contribution in [2.24, 2.45) is 7.05 Å². The summed E-state index contributed by atoms with van der Waals surface area (Å²) in [6.07, 6.45) is 1.37. The predicted molar refractivity (Wildman–Crippen MR) is 73.0 cm³/mol. The molecule has 7 heteroatoms. The Balaban J connectivity index is 1.96. The maximum atomic E-state index is 11.4. The van der Waals surface area contributed by atoms with E-state index in [1.807, 2.05) is 14.0 Å². The first kappa shape index (κ1) is 14.3. The van der Waals surface area contributed by atoms with Crippen LogP contribution in [0.3, 0.4) is 0 Å². The minimum absolute atomic E-state index is 0.257. The molecule has 0 spiro atoms. The number of aromatic nitrogens is 2. The molecule has 0 aromatic carbocycles. The van der Waals surface area contributed by atoms with Gasteiger partial charge in [-0.25, -0.2) is 13.1 Å². The molecule has 2 rings (SSSR count). The van der Waals surface area contributed by atoms with Crippen molar-refractivity contribution in [1.29, 1.82) is 0 Å². The second-order valence-electron chi connectivity index (χ2n) is 5.00. The summed E-state index contributed by atoms with van der Waals surface area (Å²) in [6.45, 7) is 2.61. The van der Waals surface area contributed by atoms with Gasteiger partial charge in [0.1, 0.15) is 9.84 Å². The molecule has 0 aliphatic carbocycles. The molecule has 1 N–H and O–H groups in total. The van der Waals surface area contributed by atoms with Gasteiger partial charge in [0.25, 0.3) is 0 Å². The summed E-state index contributed by atoms with van der Waals surface area (Å²) in [6, 6.07) is 0.257. The van der Waals surface area contributed by atoms with E-state index in [1.54, 1.807) is 11.8 Å². The van der Waals surface area contributed by atoms with Gasteiger partial charge in [-0.15, -0.1) is 0 Å². The Morgan fingerprint density at radius 3 is 2.63 bits per heavy atom. The third-order valence-corrected chi connectivity index (χ3v) is 5.32. The molecule has 0 amide bonds. The Hall–Kier alpha value is -1.08. The number of sulfone groups is 1. The van der Waals surface area contributed by atoms with Gasteiger partial charge in [-0.2, -0.15) is 5.10 Å². The monoisotopic (exact) mass is 287 g/mol. The molecular weight excluding hydrogens is 266 g/mol. The Bertz CT molecular complexity index is 537. The van der Waals surface area contributed by atoms with Crippen molar-refractivity contribution in [1.82, 2.24) is 15.1 Å². The Morgan fingerprint density at radius 1 is 1.42 bits per heavy atom. The summed E-state index contributed by atoms with van der Waals surface area (Å²) in [7, 11) is 0.685. The van der Waals surface area contributed by atoms with Crippen molar-refractivity contribution < 1.29 is 13.2 Å². The molecular formula is C12H21N3O3S. The van der Waals surface area contributed by atoms with Gasteiger partial charge < -0.3 is 10.1 Å². The lowest BCUT2D eigenvalue weighted by Gasteiger charge is -2.23. The predicted octanol–water partition coefficient (Wildman–Crippen LogP) is 0.404. The van der Waals surface area contributed by atoms with Crippen LogP contribution in [0.15, 0.2) is 0 Å². The lowest BCUT2D eigenvalue weighted by atomic mass is 10.1. The van der Waals surface area contributed by atoms with Crippen LogP contribution in [0.2, 0.25) is 0 Å². The molecule has 1 fully saturated rings. The van der Waals surface area contributed by atoms with Crippen molar-refractivity contribution in [3.63, 3.8) is 0 Å². The number of hydrogen-bond acceptors (Lipinski definition) is 5. The number of aryl methyl sites for hydroxylation is 2. The molecule has 1 aliphatic heterocycles. The Kier molecular flexibility index (Phi) is 4.15. The quantitative estimate of drug-likeness (QED) is 0.868. The van der Waals surface area contributed by atoms with E-state index in [9.17, 15) is 8.42 Å². The minimum Gasteiger partial charge on any atom is -0.481 e. The van der Waals surface area contributed by atoms with Crippen LogP contribution in [0.4, 0.5) is 0 Å². The minimum atomic E-state index is -2.80. The summed E-state index contributed by atoms with van der Waals surface area (Å²) in [5.41, 5.74) is 1.98. The van der Waals surface area contributed by atoms with Crippen molar-refractivity contribution >= 4 is 9.84 Å². The highest BCUT2D eigenvalue weighted by atomic mass is 32.2. The fourth-order valence-corrected chi connectivity index (χ4v) is 3.97. The van der Waals surface area contributed by atoms with Crippen molar-refractivity contribution in [2.75, 3.05) is 18.6 Å². The summed E-state index contributed by atoms with van der Waals surface area (Å²) in [5.74, 6) is 1.33. The van der Waals surface area contributed by atoms with Gasteiger partial charge in [-0.1, -0.05) is 0 Å². The highest BCUT2D eigenvalue weighted by Gasteiger charge is 2.24. The van der Waals surface area contributed by atoms with Crippen molar-refractivity contribution in [3.05, 3.63) is 11.3 Å². The van der Waals surface area contributed by atoms with Gasteiger partial charge in [-0.3, -0.25) is 0 Å². The second-order valence-corrected chi connectivity index (χ2v) is 7.31. The zero-order valence-corrected chi connectivity index (χ0v) is 12.5. The van der Waals surface area contributed by atoms with Crippen LogP contribution in [-0.4, -0.2) is 42.9 Å². The number of ether oxygens (including phenoxy) is 1. The first-order chi connectivity index (χ1) is 8.93. The second kappa shape index (κ2) is 5.50. The van der Waals surface area contributed by atoms with Crippen LogP contribution in [0.25, 0.3) is 0 Å². The smallest absolute Gasteiger partial charge is 0.216 e. The Labute approximate surface area is 114 Å². The zero-order valence-electron chi connectivity index (χ0n) is 11.6. The molecule has 0 bridgehead atoms. The largest absolute Gasteiger partial charge is 0.481 e. The highest BCUT2D eigenvalue weighted by Crippen LogP contribution is 2.21. The van der Waals surface area contributed by atoms with Gasteiger partial charge in [0.05, 0.1) is 29.9 Å². The van der Waals surface area contributed by atoms with E-state index in [2.05, 4.69) is 10.4 Å². The fourth-order valence-electron chi connectivity index (χ4n) is 2.48. The number of rotatable bonds is 4. The first-order valence-electron chi connectivity index (χ1n) is 6.43. The van der Waals surface area contributed by atoms with Crippen LogP contribution in [0, 0.1) is 6.92 Å². The molecule has 2 heterocycles. The molecule has 0 unspecified atom stereocenters. The molecule has 1 aliphatic rings. The third kappa shape index (κ3) is 3.27. The van der Waals surface area contributed by atoms with Gasteiger partial charge in [0.2, 0.25) is 5.88 Å². The Morgan fingerprint density at radius 2 is 2.05 bits per heavy atom. The molecule has 0 atom stereocenters. The van der Waals surface area contributed by atoms with Crippen LogP contribution in [0.1, 0.15) is 24.1 Å². The van der Waals surface area contributed by atoms with Gasteiger partial charge in [-0.05, 0) is 19.8 Å². The molecule has 19 heavy (non-hydrogen) atoms. The molecule has 1 aromatic rings. The van der Waals surface area contributed by atoms with Crippen LogP contribution >= 0.6 is 0 Å². The van der Waals surface area contributed by atoms with E-state index in [0.717, 1.165) is 17.1 Å². The van der Waals surface area contributed by atoms with Crippen LogP contribution < -0.4 is 10.1 Å². The SMILES string of the molecule is COc1c(CNC2CCS(=O)(=O)CC2)c(C)nn1C. The average Bonchev–Trinajstić information content (AvgIpc) is 2.62. The molecule has 0 radical (unpaired) electrons. The van der Waals surface area contributed by atoms with E-state index >= 15 is 0 Å². The van der Waals surface area contributed by atoms with Gasteiger partial charge >= 0.3 is 0 Å². The molecule has 1 aromatic heterocycles. The summed E-state index contributed by atoms with van der Waals surface area (Å²) >= 11 is 0. The fraction of sp³-hybridized carbons (Fsp3) is 0.750. The number of methoxy groups -OCH3 is 1. The standard InChI is InChI=1S/C12H21N3O3S/c1-9-11(12(18-3)15(2)14-9)8-13-10-4-6-19(16,17)7-5-10/h10,13H,4-8H2,1-3H3. The summed E-state index contributed by atoms with van der Waals surface area (Å²) in [4.78, 5) is 0. The van der Waals surface area contributed by atoms with E-state index in [-0.39, 0.29) is 17.5 Å². The lowest BCUT2D eigenvalue weighted by molar-refractivity contribution is 0.365. The van der Waals surface area contributed by atoms with Crippen molar-refractivity contribution in [2.45, 2.75) is 32.4 Å². The van der Waals surface area contributed by atoms with E-state index < -0.39 is 9.84 Å². The average molecular weight is 287 g/mol. The van der Waals surface area contributed by atoms with Gasteiger partial charge in [0.15, 0.2) is 0 Å². The summed E-state index contributed by atoms with van der Waals surface area (Å²) in [5, 5.41) is 7.73. The normalized spacial score (nSPS) is 19.5. The number of nitrogens with zero attached hydrogens (tertiary/aromatic N) is 2. The first-order valence-corrected chi connectivity index (χ1v) is 8.25. The lowest BCUT2D eigenvalue weighted by Crippen LogP contribution is -2.37. The van der Waals surface area contributed by atoms with Crippen LogP contribution in [-0.2, 0) is 23.4 Å². The summed E-state index contributed by atoms with van der Waals surface area (Å²) < 4.78 is 29.8. The third-order valence-electron chi connectivity index (χ3n) is 3.60. The zero-order chi connectivity index (χ0) is 14.0. The van der Waals surface area contributed by atoms with Crippen LogP contribution in [0.5, 0.6) is 5.88 Å². The van der Waals surface area contributed by atoms with E-state index in [4.69, 9.17) is 4.74 Å². The van der Waals surface area contributed by atoms with E-state index in [0.29, 0.717) is 19.4 Å². The molecule has 0 saturated carbocycles. The molecule has 1 saturated heterocycles.